The number of nitrogens with zero attached hydrogens (tertiary/aromatic N) is 1. The molecule has 21 heavy (non-hydrogen) atoms. The zero-order valence-electron chi connectivity index (χ0n) is 13.2. The number of likely N-dealkylation sites (N-methyl/N-ethyl adjacent to an activating group) is 1. The van der Waals surface area contributed by atoms with Crippen molar-refractivity contribution in [3.63, 3.8) is 0 Å². The Morgan fingerprint density at radius 1 is 0.810 bits per heavy atom. The summed E-state index contributed by atoms with van der Waals surface area (Å²) in [6.07, 6.45) is -0.345. The van der Waals surface area contributed by atoms with E-state index in [2.05, 4.69) is 4.90 Å². The molecule has 0 saturated carbocycles. The summed E-state index contributed by atoms with van der Waals surface area (Å²) in [5.74, 6) is 1.72. The smallest absolute Gasteiger partial charge is 0.253 e. The summed E-state index contributed by atoms with van der Waals surface area (Å²) in [4.78, 5) is 2.06. The van der Waals surface area contributed by atoms with Crippen LogP contribution in [0.15, 0.2) is 48.5 Å². The number of ether oxygens (including phenoxy) is 2. The highest BCUT2D eigenvalue weighted by Crippen LogP contribution is 2.22. The lowest BCUT2D eigenvalue weighted by Crippen LogP contribution is -2.35. The molecule has 2 aromatic rings. The summed E-state index contributed by atoms with van der Waals surface area (Å²) < 4.78 is 12.1. The second-order valence-electron chi connectivity index (χ2n) is 5.46. The van der Waals surface area contributed by atoms with Crippen molar-refractivity contribution in [2.45, 2.75) is 20.1 Å². The molecule has 0 bridgehead atoms. The van der Waals surface area contributed by atoms with Crippen molar-refractivity contribution < 1.29 is 9.47 Å². The van der Waals surface area contributed by atoms with Gasteiger partial charge in [-0.15, -0.1) is 0 Å². The van der Waals surface area contributed by atoms with Crippen LogP contribution in [0.1, 0.15) is 11.1 Å². The van der Waals surface area contributed by atoms with Gasteiger partial charge < -0.3 is 14.4 Å². The molecule has 0 heterocycles. The molecule has 0 fully saturated rings. The van der Waals surface area contributed by atoms with Gasteiger partial charge >= 0.3 is 0 Å². The van der Waals surface area contributed by atoms with Crippen LogP contribution < -0.4 is 9.47 Å². The molecule has 0 aliphatic heterocycles. The van der Waals surface area contributed by atoms with Crippen LogP contribution in [0.3, 0.4) is 0 Å². The molecule has 0 spiro atoms. The molecule has 0 saturated heterocycles. The minimum atomic E-state index is -0.345. The van der Waals surface area contributed by atoms with Crippen LogP contribution in [0.5, 0.6) is 11.5 Å². The standard InChI is InChI=1S/C18H23NO2/c1-14-9-5-7-11-16(14)20-18(13-19(3)4)21-17-12-8-6-10-15(17)2/h5-12,18H,13H2,1-4H3. The van der Waals surface area contributed by atoms with Gasteiger partial charge in [-0.25, -0.2) is 0 Å². The molecule has 3 nitrogen and oxygen atoms in total. The molecule has 2 rings (SSSR count). The van der Waals surface area contributed by atoms with Crippen LogP contribution in [0.25, 0.3) is 0 Å². The van der Waals surface area contributed by atoms with E-state index in [0.29, 0.717) is 6.54 Å². The number of hydrogen-bond acceptors (Lipinski definition) is 3. The fourth-order valence-corrected chi connectivity index (χ4v) is 2.06. The summed E-state index contributed by atoms with van der Waals surface area (Å²) in [6.45, 7) is 4.76. The molecule has 3 heteroatoms. The molecule has 112 valence electrons. The first-order chi connectivity index (χ1) is 10.1. The molecule has 0 N–H and O–H groups in total. The largest absolute Gasteiger partial charge is 0.453 e. The lowest BCUT2D eigenvalue weighted by atomic mass is 10.2. The molecule has 0 atom stereocenters. The maximum atomic E-state index is 6.05. The Labute approximate surface area is 127 Å². The highest BCUT2D eigenvalue weighted by atomic mass is 16.7. The van der Waals surface area contributed by atoms with Crippen molar-refractivity contribution in [3.05, 3.63) is 59.7 Å². The van der Waals surface area contributed by atoms with Gasteiger partial charge in [-0.05, 0) is 51.2 Å². The van der Waals surface area contributed by atoms with Gasteiger partial charge in [0.1, 0.15) is 11.5 Å². The second kappa shape index (κ2) is 7.14. The van der Waals surface area contributed by atoms with Crippen molar-refractivity contribution in [2.75, 3.05) is 20.6 Å². The summed E-state index contributed by atoms with van der Waals surface area (Å²) in [6, 6.07) is 16.0. The molecule has 0 aromatic heterocycles. The topological polar surface area (TPSA) is 21.7 Å². The van der Waals surface area contributed by atoms with Crippen LogP contribution in [0, 0.1) is 13.8 Å². The third-order valence-electron chi connectivity index (χ3n) is 3.22. The number of hydrogen-bond donors (Lipinski definition) is 0. The summed E-state index contributed by atoms with van der Waals surface area (Å²) >= 11 is 0. The Hall–Kier alpha value is -2.00. The predicted molar refractivity (Wildman–Crippen MR) is 86.0 cm³/mol. The zero-order chi connectivity index (χ0) is 15.2. The van der Waals surface area contributed by atoms with Crippen molar-refractivity contribution in [1.29, 1.82) is 0 Å². The zero-order valence-corrected chi connectivity index (χ0v) is 13.2. The molecular formula is C18H23NO2. The lowest BCUT2D eigenvalue weighted by molar-refractivity contribution is -0.0125. The molecule has 0 amide bonds. The van der Waals surface area contributed by atoms with Crippen molar-refractivity contribution in [3.8, 4) is 11.5 Å². The van der Waals surface area contributed by atoms with Crippen LogP contribution in [0.2, 0.25) is 0 Å². The lowest BCUT2D eigenvalue weighted by Gasteiger charge is -2.24. The van der Waals surface area contributed by atoms with E-state index in [1.54, 1.807) is 0 Å². The number of benzene rings is 2. The minimum absolute atomic E-state index is 0.345. The Morgan fingerprint density at radius 3 is 1.62 bits per heavy atom. The molecule has 0 aliphatic carbocycles. The monoisotopic (exact) mass is 285 g/mol. The highest BCUT2D eigenvalue weighted by Gasteiger charge is 2.15. The minimum Gasteiger partial charge on any atom is -0.453 e. The van der Waals surface area contributed by atoms with Gasteiger partial charge in [0.25, 0.3) is 6.29 Å². The first kappa shape index (κ1) is 15.4. The first-order valence-corrected chi connectivity index (χ1v) is 7.15. The van der Waals surface area contributed by atoms with Crippen LogP contribution >= 0.6 is 0 Å². The van der Waals surface area contributed by atoms with Gasteiger partial charge in [0.15, 0.2) is 0 Å². The quantitative estimate of drug-likeness (QED) is 0.756. The van der Waals surface area contributed by atoms with Gasteiger partial charge in [0.2, 0.25) is 0 Å². The van der Waals surface area contributed by atoms with E-state index in [-0.39, 0.29) is 6.29 Å². The normalized spacial score (nSPS) is 11.0. The third-order valence-corrected chi connectivity index (χ3v) is 3.22. The molecule has 0 unspecified atom stereocenters. The summed E-state index contributed by atoms with van der Waals surface area (Å²) in [5, 5.41) is 0. The van der Waals surface area contributed by atoms with E-state index in [0.717, 1.165) is 22.6 Å². The first-order valence-electron chi connectivity index (χ1n) is 7.15. The van der Waals surface area contributed by atoms with Gasteiger partial charge in [-0.2, -0.15) is 0 Å². The van der Waals surface area contributed by atoms with Crippen molar-refractivity contribution >= 4 is 0 Å². The Balaban J connectivity index is 2.15. The van der Waals surface area contributed by atoms with Gasteiger partial charge in [-0.1, -0.05) is 36.4 Å². The van der Waals surface area contributed by atoms with E-state index in [4.69, 9.17) is 9.47 Å². The van der Waals surface area contributed by atoms with E-state index in [1.807, 2.05) is 76.5 Å². The maximum Gasteiger partial charge on any atom is 0.253 e. The maximum absolute atomic E-state index is 6.05. The molecular weight excluding hydrogens is 262 g/mol. The Bertz CT molecular complexity index is 533. The van der Waals surface area contributed by atoms with Gasteiger partial charge in [0, 0.05) is 0 Å². The number of rotatable bonds is 6. The van der Waals surface area contributed by atoms with E-state index < -0.39 is 0 Å². The number of para-hydroxylation sites is 2. The molecule has 0 radical (unpaired) electrons. The average Bonchev–Trinajstić information content (AvgIpc) is 2.43. The average molecular weight is 285 g/mol. The second-order valence-corrected chi connectivity index (χ2v) is 5.46. The third kappa shape index (κ3) is 4.50. The van der Waals surface area contributed by atoms with Crippen LogP contribution in [-0.2, 0) is 0 Å². The summed E-state index contributed by atoms with van der Waals surface area (Å²) in [5.41, 5.74) is 2.21. The fraction of sp³-hybridized carbons (Fsp3) is 0.333. The highest BCUT2D eigenvalue weighted by molar-refractivity contribution is 5.33. The molecule has 2 aromatic carbocycles. The Morgan fingerprint density at radius 2 is 1.24 bits per heavy atom. The fourth-order valence-electron chi connectivity index (χ4n) is 2.06. The SMILES string of the molecule is Cc1ccccc1OC(CN(C)C)Oc1ccccc1C. The predicted octanol–water partition coefficient (Wildman–Crippen LogP) is 3.65. The van der Waals surface area contributed by atoms with E-state index in [1.165, 1.54) is 0 Å². The Kier molecular flexibility index (Phi) is 5.23. The van der Waals surface area contributed by atoms with Crippen LogP contribution in [0.4, 0.5) is 0 Å². The van der Waals surface area contributed by atoms with Crippen LogP contribution in [-0.4, -0.2) is 31.8 Å². The molecule has 0 aliphatic rings. The van der Waals surface area contributed by atoms with Gasteiger partial charge in [0.05, 0.1) is 6.54 Å². The number of aryl methyl sites for hydroxylation is 2. The van der Waals surface area contributed by atoms with E-state index >= 15 is 0 Å². The van der Waals surface area contributed by atoms with Gasteiger partial charge in [-0.3, -0.25) is 0 Å². The summed E-state index contributed by atoms with van der Waals surface area (Å²) in [7, 11) is 4.02. The van der Waals surface area contributed by atoms with Crippen molar-refractivity contribution in [1.82, 2.24) is 4.90 Å². The van der Waals surface area contributed by atoms with Crippen molar-refractivity contribution in [2.24, 2.45) is 0 Å². The van der Waals surface area contributed by atoms with E-state index in [9.17, 15) is 0 Å².